The van der Waals surface area contributed by atoms with Gasteiger partial charge in [0.05, 0.1) is 29.8 Å². The minimum Gasteiger partial charge on any atom is -0.459 e. The fourth-order valence-electron chi connectivity index (χ4n) is 10.2. The number of aliphatic hydroxyl groups excluding tert-OH is 2. The molecule has 1 amide bonds. The Morgan fingerprint density at radius 1 is 0.900 bits per heavy atom. The molecule has 16 heteroatoms. The zero-order chi connectivity index (χ0) is 49.0. The van der Waals surface area contributed by atoms with Crippen molar-refractivity contribution in [3.05, 3.63) is 154 Å². The Bertz CT molecular complexity index is 2580. The number of carbonyl (C=O) groups excluding carboxylic acids is 2. The van der Waals surface area contributed by atoms with Crippen LogP contribution in [0, 0.1) is 27.9 Å². The van der Waals surface area contributed by atoms with Crippen LogP contribution < -0.4 is 18.9 Å². The molecule has 0 spiro atoms. The summed E-state index contributed by atoms with van der Waals surface area (Å²) in [5, 5.41) is 36.4. The van der Waals surface area contributed by atoms with Gasteiger partial charge in [0.25, 0.3) is 5.69 Å². The summed E-state index contributed by atoms with van der Waals surface area (Å²) in [6, 6.07) is 23.2. The molecule has 4 aromatic carbocycles. The Morgan fingerprint density at radius 2 is 1.66 bits per heavy atom. The van der Waals surface area contributed by atoms with Gasteiger partial charge < -0.3 is 43.5 Å². The van der Waals surface area contributed by atoms with Gasteiger partial charge in [0.15, 0.2) is 11.5 Å². The van der Waals surface area contributed by atoms with Gasteiger partial charge in [-0.25, -0.2) is 4.79 Å². The van der Waals surface area contributed by atoms with Crippen LogP contribution in [0.2, 0.25) is 0 Å². The van der Waals surface area contributed by atoms with E-state index >= 15 is 0 Å². The zero-order valence-electron chi connectivity index (χ0n) is 39.0. The third-order valence-electron chi connectivity index (χ3n) is 13.4. The summed E-state index contributed by atoms with van der Waals surface area (Å²) in [4.78, 5) is 45.4. The highest BCUT2D eigenvalue weighted by Gasteiger charge is 2.65. The fourth-order valence-corrected chi connectivity index (χ4v) is 10.2. The standard InChI is InChI=1S/C54H59N3O13/c1-3-5-26-64-53(61)56(32-37-17-21-48-49(28-37)66-35-65-48)50-31-46(55-68-34-36-15-18-40(19-16-36)57(62)63)44-29-39(12-6-8-23-58)43(14-7-9-24-59)51-45-30-42(69-41-13-10-11-38(27-41)33-60)20-22-47(45)70-54(50,52(44)51)67-25-4-2/h3-4,10-11,13,15-22,27-30,33,39,43,50-52,58-59H,1-2,5-9,12,14,23-26,31-32,34-35H2. The molecule has 8 rings (SSSR count). The molecule has 6 unspecified atom stereocenters. The van der Waals surface area contributed by atoms with Gasteiger partial charge in [0.1, 0.15) is 36.2 Å². The number of benzene rings is 4. The molecule has 16 nitrogen and oxygen atoms in total. The summed E-state index contributed by atoms with van der Waals surface area (Å²) in [7, 11) is 0. The van der Waals surface area contributed by atoms with Crippen LogP contribution in [0.3, 0.4) is 0 Å². The Kier molecular flexibility index (Phi) is 16.3. The molecule has 4 aromatic rings. The van der Waals surface area contributed by atoms with Crippen LogP contribution in [-0.4, -0.2) is 83.2 Å². The van der Waals surface area contributed by atoms with Crippen molar-refractivity contribution in [3.8, 4) is 28.7 Å². The van der Waals surface area contributed by atoms with Crippen LogP contribution in [0.1, 0.15) is 84.3 Å². The largest absolute Gasteiger partial charge is 0.459 e. The number of rotatable bonds is 24. The maximum atomic E-state index is 14.9. The second kappa shape index (κ2) is 23.1. The molecular formula is C54H59N3O13. The molecule has 2 aliphatic carbocycles. The van der Waals surface area contributed by atoms with Crippen molar-refractivity contribution >= 4 is 23.8 Å². The van der Waals surface area contributed by atoms with Gasteiger partial charge in [-0.3, -0.25) is 19.8 Å². The van der Waals surface area contributed by atoms with E-state index in [0.29, 0.717) is 77.7 Å². The second-order valence-corrected chi connectivity index (χ2v) is 17.8. The lowest BCUT2D eigenvalue weighted by Crippen LogP contribution is -2.70. The molecule has 0 aromatic heterocycles. The molecule has 2 heterocycles. The third kappa shape index (κ3) is 10.9. The van der Waals surface area contributed by atoms with Gasteiger partial charge in [-0.15, -0.1) is 13.2 Å². The lowest BCUT2D eigenvalue weighted by Gasteiger charge is -2.59. The Balaban J connectivity index is 1.33. The number of carbonyl (C=O) groups is 2. The number of nitro benzene ring substituents is 1. The van der Waals surface area contributed by atoms with Gasteiger partial charge in [-0.05, 0) is 115 Å². The number of nitro groups is 1. The number of unbranched alkanes of at least 4 members (excludes halogenated alkanes) is 2. The number of oxime groups is 1. The molecule has 2 N–H and O–H groups in total. The van der Waals surface area contributed by atoms with Crippen LogP contribution in [0.5, 0.6) is 28.7 Å². The van der Waals surface area contributed by atoms with Crippen LogP contribution in [0.4, 0.5) is 10.5 Å². The molecule has 0 radical (unpaired) electrons. The van der Waals surface area contributed by atoms with Gasteiger partial charge >= 0.3 is 6.09 Å². The van der Waals surface area contributed by atoms with E-state index in [1.807, 2.05) is 24.3 Å². The van der Waals surface area contributed by atoms with Crippen molar-refractivity contribution < 1.29 is 58.0 Å². The van der Waals surface area contributed by atoms with E-state index in [9.17, 15) is 29.9 Å². The number of non-ortho nitro benzene ring substituents is 1. The first kappa shape index (κ1) is 49.4. The molecule has 0 bridgehead atoms. The SMILES string of the molecule is C=CCCOC(=O)N(Cc1ccc2c(c1)OCO2)C1CC(=NOCc2ccc([N+](=O)[O-])cc2)C2=CC(CCCCO)C(CCCCO)C3c4cc(Oc5cccc(C=O)c5)ccc4OC1(OCC=C)C23. The third-order valence-corrected chi connectivity index (χ3v) is 13.4. The fraction of sp³-hybridized carbons (Fsp3) is 0.389. The molecule has 0 saturated heterocycles. The highest BCUT2D eigenvalue weighted by atomic mass is 16.7. The van der Waals surface area contributed by atoms with Gasteiger partial charge in [0.2, 0.25) is 12.6 Å². The van der Waals surface area contributed by atoms with Crippen LogP contribution in [0.15, 0.2) is 127 Å². The summed E-state index contributed by atoms with van der Waals surface area (Å²) in [6.07, 6.45) is 10.3. The Morgan fingerprint density at radius 3 is 2.41 bits per heavy atom. The van der Waals surface area contributed by atoms with Crippen molar-refractivity contribution in [1.82, 2.24) is 4.90 Å². The summed E-state index contributed by atoms with van der Waals surface area (Å²) in [5.41, 5.74) is 3.97. The second-order valence-electron chi connectivity index (χ2n) is 17.8. The molecule has 6 atom stereocenters. The van der Waals surface area contributed by atoms with Crippen LogP contribution in [-0.2, 0) is 27.5 Å². The number of allylic oxidation sites excluding steroid dienone is 1. The smallest absolute Gasteiger partial charge is 0.410 e. The lowest BCUT2D eigenvalue weighted by molar-refractivity contribution is -0.384. The molecular weight excluding hydrogens is 899 g/mol. The van der Waals surface area contributed by atoms with Gasteiger partial charge in [0, 0.05) is 55.4 Å². The Hall–Kier alpha value is -7.01. The summed E-state index contributed by atoms with van der Waals surface area (Å²) in [5.74, 6) is -0.135. The van der Waals surface area contributed by atoms with Crippen molar-refractivity contribution in [2.45, 2.75) is 82.3 Å². The molecule has 1 saturated carbocycles. The van der Waals surface area contributed by atoms with Gasteiger partial charge in [-0.2, -0.15) is 0 Å². The zero-order valence-corrected chi connectivity index (χ0v) is 39.0. The van der Waals surface area contributed by atoms with Crippen molar-refractivity contribution in [3.63, 3.8) is 0 Å². The van der Waals surface area contributed by atoms with Crippen molar-refractivity contribution in [2.75, 3.05) is 33.2 Å². The first-order valence-electron chi connectivity index (χ1n) is 23.8. The number of amides is 1. The number of aldehydes is 1. The number of ether oxygens (including phenoxy) is 6. The van der Waals surface area contributed by atoms with E-state index in [0.717, 1.165) is 35.8 Å². The summed E-state index contributed by atoms with van der Waals surface area (Å²) >= 11 is 0. The number of fused-ring (bicyclic) bond motifs is 3. The molecule has 4 aliphatic rings. The maximum absolute atomic E-state index is 14.9. The van der Waals surface area contributed by atoms with Crippen molar-refractivity contribution in [1.29, 1.82) is 0 Å². The predicted molar refractivity (Wildman–Crippen MR) is 259 cm³/mol. The molecule has 1 fully saturated rings. The highest BCUT2D eigenvalue weighted by molar-refractivity contribution is 6.03. The van der Waals surface area contributed by atoms with E-state index in [1.165, 1.54) is 12.1 Å². The first-order chi connectivity index (χ1) is 34.2. The minimum absolute atomic E-state index is 0.00873. The lowest BCUT2D eigenvalue weighted by atomic mass is 9.55. The Labute approximate surface area is 406 Å². The number of hydrogen-bond donors (Lipinski definition) is 2. The van der Waals surface area contributed by atoms with Crippen LogP contribution in [0.25, 0.3) is 0 Å². The van der Waals surface area contributed by atoms with Crippen LogP contribution >= 0.6 is 0 Å². The maximum Gasteiger partial charge on any atom is 0.410 e. The highest BCUT2D eigenvalue weighted by Crippen LogP contribution is 2.62. The first-order valence-corrected chi connectivity index (χ1v) is 23.8. The molecule has 70 heavy (non-hydrogen) atoms. The van der Waals surface area contributed by atoms with Gasteiger partial charge in [-0.1, -0.05) is 54.4 Å². The number of nitrogens with zero attached hydrogens (tertiary/aromatic N) is 3. The van der Waals surface area contributed by atoms with E-state index in [2.05, 4.69) is 19.2 Å². The monoisotopic (exact) mass is 957 g/mol. The molecule has 2 aliphatic heterocycles. The average molecular weight is 958 g/mol. The number of aliphatic hydroxyl groups is 2. The van der Waals surface area contributed by atoms with E-state index in [-0.39, 0.29) is 76.2 Å². The molecule has 368 valence electrons. The van der Waals surface area contributed by atoms with E-state index in [1.54, 1.807) is 65.6 Å². The predicted octanol–water partition coefficient (Wildman–Crippen LogP) is 9.98. The topological polar surface area (TPSA) is 198 Å². The minimum atomic E-state index is -1.60. The average Bonchev–Trinajstić information content (AvgIpc) is 3.85. The normalized spacial score (nSPS) is 22.1. The quantitative estimate of drug-likeness (QED) is 0.0221. The van der Waals surface area contributed by atoms with Crippen molar-refractivity contribution in [2.24, 2.45) is 22.9 Å². The van der Waals surface area contributed by atoms with E-state index < -0.39 is 28.8 Å². The number of hydrogen-bond acceptors (Lipinski definition) is 14. The van der Waals surface area contributed by atoms with E-state index in [4.69, 9.17) is 38.4 Å². The summed E-state index contributed by atoms with van der Waals surface area (Å²) in [6.45, 7) is 8.12. The summed E-state index contributed by atoms with van der Waals surface area (Å²) < 4.78 is 38.4.